The molecule has 0 unspecified atom stereocenters. The van der Waals surface area contributed by atoms with Crippen LogP contribution in [-0.4, -0.2) is 47.6 Å². The third kappa shape index (κ3) is 11.0. The molecule has 0 heterocycles. The number of nitrogens with zero attached hydrogens (tertiary/aromatic N) is 1. The van der Waals surface area contributed by atoms with Crippen LogP contribution >= 0.6 is 0 Å². The van der Waals surface area contributed by atoms with Crippen molar-refractivity contribution in [2.75, 3.05) is 14.1 Å². The number of allylic oxidation sites excluding steroid dienone is 1. The summed E-state index contributed by atoms with van der Waals surface area (Å²) in [6, 6.07) is 0. The molecule has 7 nitrogen and oxygen atoms in total. The van der Waals surface area contributed by atoms with Crippen molar-refractivity contribution >= 4 is 16.4 Å². The Bertz CT molecular complexity index is 349. The summed E-state index contributed by atoms with van der Waals surface area (Å²) < 4.78 is 31.6. The van der Waals surface area contributed by atoms with E-state index in [4.69, 9.17) is 22.6 Å². The van der Waals surface area contributed by atoms with Gasteiger partial charge in [0.15, 0.2) is 0 Å². The fraction of sp³-hybridized carbons (Fsp3) is 0.625. The van der Waals surface area contributed by atoms with Gasteiger partial charge in [-0.1, -0.05) is 6.92 Å². The van der Waals surface area contributed by atoms with Crippen molar-refractivity contribution in [3.05, 3.63) is 11.3 Å². The third-order valence-corrected chi connectivity index (χ3v) is 1.63. The second-order valence-corrected chi connectivity index (χ2v) is 3.97. The molecular formula is C8H17NO6S. The molecule has 0 saturated carbocycles. The van der Waals surface area contributed by atoms with E-state index in [0.717, 1.165) is 12.1 Å². The van der Waals surface area contributed by atoms with E-state index >= 15 is 0 Å². The first-order chi connectivity index (χ1) is 7.00. The Labute approximate surface area is 95.0 Å². The molecular weight excluding hydrogens is 238 g/mol. The molecule has 0 fully saturated rings. The lowest BCUT2D eigenvalue weighted by molar-refractivity contribution is -0.132. The lowest BCUT2D eigenvalue weighted by Gasteiger charge is -2.17. The Hall–Kier alpha value is -1.12. The first kappa shape index (κ1) is 17.3. The molecule has 0 aliphatic rings. The van der Waals surface area contributed by atoms with Crippen LogP contribution in [0, 0.1) is 0 Å². The van der Waals surface area contributed by atoms with Crippen LogP contribution in [0.2, 0.25) is 0 Å². The Morgan fingerprint density at radius 1 is 1.25 bits per heavy atom. The Morgan fingerprint density at radius 3 is 1.62 bits per heavy atom. The second kappa shape index (κ2) is 7.20. The predicted octanol–water partition coefficient (Wildman–Crippen LogP) is 0.664. The molecule has 0 atom stereocenters. The van der Waals surface area contributed by atoms with Crippen molar-refractivity contribution in [3.63, 3.8) is 0 Å². The topological polar surface area (TPSA) is 115 Å². The molecule has 0 spiro atoms. The van der Waals surface area contributed by atoms with Gasteiger partial charge in [0, 0.05) is 19.8 Å². The molecule has 0 radical (unpaired) electrons. The van der Waals surface area contributed by atoms with Gasteiger partial charge in [-0.05, 0) is 13.3 Å². The zero-order chi connectivity index (χ0) is 13.5. The SMILES string of the molecule is CC/C(=C(/C)C(=O)O)N(C)C.O=S(=O)(O)O. The van der Waals surface area contributed by atoms with Gasteiger partial charge in [0.1, 0.15) is 0 Å². The van der Waals surface area contributed by atoms with Crippen molar-refractivity contribution in [2.24, 2.45) is 0 Å². The van der Waals surface area contributed by atoms with Crippen LogP contribution in [0.5, 0.6) is 0 Å². The minimum absolute atomic E-state index is 0.428. The van der Waals surface area contributed by atoms with Crippen molar-refractivity contribution in [2.45, 2.75) is 20.3 Å². The van der Waals surface area contributed by atoms with Crippen molar-refractivity contribution in [3.8, 4) is 0 Å². The average Bonchev–Trinajstić information content (AvgIpc) is 2.00. The largest absolute Gasteiger partial charge is 0.478 e. The maximum atomic E-state index is 10.5. The summed E-state index contributed by atoms with van der Waals surface area (Å²) in [7, 11) is -0.962. The van der Waals surface area contributed by atoms with Gasteiger partial charge in [-0.25, -0.2) is 4.79 Å². The smallest absolute Gasteiger partial charge is 0.394 e. The van der Waals surface area contributed by atoms with Gasteiger partial charge in [-0.3, -0.25) is 9.11 Å². The highest BCUT2D eigenvalue weighted by molar-refractivity contribution is 7.79. The minimum Gasteiger partial charge on any atom is -0.478 e. The van der Waals surface area contributed by atoms with E-state index in [1.54, 1.807) is 6.92 Å². The molecule has 0 aromatic carbocycles. The van der Waals surface area contributed by atoms with Gasteiger partial charge in [0.2, 0.25) is 0 Å². The van der Waals surface area contributed by atoms with Gasteiger partial charge in [-0.2, -0.15) is 8.42 Å². The number of hydrogen-bond donors (Lipinski definition) is 3. The van der Waals surface area contributed by atoms with E-state index in [1.165, 1.54) is 0 Å². The van der Waals surface area contributed by atoms with E-state index in [9.17, 15) is 4.79 Å². The van der Waals surface area contributed by atoms with Crippen molar-refractivity contribution in [1.29, 1.82) is 0 Å². The normalized spacial score (nSPS) is 12.1. The summed E-state index contributed by atoms with van der Waals surface area (Å²) in [5.74, 6) is -0.837. The first-order valence-corrected chi connectivity index (χ1v) is 5.70. The van der Waals surface area contributed by atoms with Crippen LogP contribution in [0.3, 0.4) is 0 Å². The molecule has 96 valence electrons. The van der Waals surface area contributed by atoms with Crippen LogP contribution in [-0.2, 0) is 15.2 Å². The second-order valence-electron chi connectivity index (χ2n) is 3.07. The summed E-state index contributed by atoms with van der Waals surface area (Å²) in [5, 5.41) is 8.65. The standard InChI is InChI=1S/C8H15NO2.H2O4S/c1-5-7(9(3)4)6(2)8(10)11;1-5(2,3)4/h5H2,1-4H3,(H,10,11);(H2,1,2,3,4)/b7-6+;. The fourth-order valence-electron chi connectivity index (χ4n) is 1.04. The maximum absolute atomic E-state index is 10.5. The molecule has 0 aliphatic heterocycles. The van der Waals surface area contributed by atoms with Crippen LogP contribution in [0.25, 0.3) is 0 Å². The molecule has 16 heavy (non-hydrogen) atoms. The minimum atomic E-state index is -4.67. The predicted molar refractivity (Wildman–Crippen MR) is 58.5 cm³/mol. The van der Waals surface area contributed by atoms with Crippen LogP contribution < -0.4 is 0 Å². The Balaban J connectivity index is 0. The number of rotatable bonds is 3. The third-order valence-electron chi connectivity index (χ3n) is 1.63. The van der Waals surface area contributed by atoms with Gasteiger partial charge in [0.25, 0.3) is 0 Å². The van der Waals surface area contributed by atoms with E-state index in [-0.39, 0.29) is 0 Å². The van der Waals surface area contributed by atoms with Crippen LogP contribution in [0.15, 0.2) is 11.3 Å². The van der Waals surface area contributed by atoms with Crippen LogP contribution in [0.1, 0.15) is 20.3 Å². The number of hydrogen-bond acceptors (Lipinski definition) is 4. The lowest BCUT2D eigenvalue weighted by Crippen LogP contribution is -2.15. The summed E-state index contributed by atoms with van der Waals surface area (Å²) in [6.07, 6.45) is 0.755. The highest BCUT2D eigenvalue weighted by Gasteiger charge is 2.08. The molecule has 0 saturated heterocycles. The van der Waals surface area contributed by atoms with E-state index < -0.39 is 16.4 Å². The molecule has 3 N–H and O–H groups in total. The number of carboxylic acid groups (broad SMARTS) is 1. The van der Waals surface area contributed by atoms with Gasteiger partial charge in [-0.15, -0.1) is 0 Å². The highest BCUT2D eigenvalue weighted by Crippen LogP contribution is 2.10. The van der Waals surface area contributed by atoms with Gasteiger partial charge >= 0.3 is 16.4 Å². The van der Waals surface area contributed by atoms with Gasteiger partial charge < -0.3 is 10.0 Å². The molecule has 0 amide bonds. The number of aliphatic carboxylic acids is 1. The molecule has 0 rings (SSSR count). The zero-order valence-corrected chi connectivity index (χ0v) is 10.4. The zero-order valence-electron chi connectivity index (χ0n) is 9.63. The quantitative estimate of drug-likeness (QED) is 0.501. The first-order valence-electron chi connectivity index (χ1n) is 4.30. The number of carbonyl (C=O) groups is 1. The maximum Gasteiger partial charge on any atom is 0.394 e. The van der Waals surface area contributed by atoms with Gasteiger partial charge in [0.05, 0.1) is 5.57 Å². The fourth-order valence-corrected chi connectivity index (χ4v) is 1.04. The van der Waals surface area contributed by atoms with Crippen LogP contribution in [0.4, 0.5) is 0 Å². The Kier molecular flexibility index (Phi) is 7.78. The van der Waals surface area contributed by atoms with E-state index in [2.05, 4.69) is 0 Å². The van der Waals surface area contributed by atoms with E-state index in [1.807, 2.05) is 25.9 Å². The molecule has 0 aromatic rings. The summed E-state index contributed by atoms with van der Waals surface area (Å²) in [5.41, 5.74) is 1.30. The number of carboxylic acids is 1. The highest BCUT2D eigenvalue weighted by atomic mass is 32.3. The molecule has 0 bridgehead atoms. The van der Waals surface area contributed by atoms with Crippen molar-refractivity contribution < 1.29 is 27.4 Å². The summed E-state index contributed by atoms with van der Waals surface area (Å²) >= 11 is 0. The summed E-state index contributed by atoms with van der Waals surface area (Å²) in [4.78, 5) is 12.4. The summed E-state index contributed by atoms with van der Waals surface area (Å²) in [6.45, 7) is 3.57. The lowest BCUT2D eigenvalue weighted by atomic mass is 10.2. The van der Waals surface area contributed by atoms with E-state index in [0.29, 0.717) is 5.57 Å². The monoisotopic (exact) mass is 255 g/mol. The average molecular weight is 255 g/mol. The Morgan fingerprint density at radius 2 is 1.56 bits per heavy atom. The molecule has 0 aliphatic carbocycles. The molecule has 8 heteroatoms. The van der Waals surface area contributed by atoms with Crippen molar-refractivity contribution in [1.82, 2.24) is 4.90 Å². The molecule has 0 aromatic heterocycles.